The van der Waals surface area contributed by atoms with Crippen LogP contribution in [0.2, 0.25) is 0 Å². The van der Waals surface area contributed by atoms with E-state index in [0.717, 1.165) is 24.8 Å². The topological polar surface area (TPSA) is 40.5 Å². The summed E-state index contributed by atoms with van der Waals surface area (Å²) in [6.07, 6.45) is 5.39. The van der Waals surface area contributed by atoms with Gasteiger partial charge in [-0.15, -0.1) is 0 Å². The summed E-state index contributed by atoms with van der Waals surface area (Å²) in [5.41, 5.74) is 3.60. The zero-order valence-electron chi connectivity index (χ0n) is 9.39. The van der Waals surface area contributed by atoms with Crippen molar-refractivity contribution < 1.29 is 10.2 Å². The minimum atomic E-state index is -0.277. The lowest BCUT2D eigenvalue weighted by atomic mass is 9.92. The summed E-state index contributed by atoms with van der Waals surface area (Å²) >= 11 is 0. The average Bonchev–Trinajstić information content (AvgIpc) is 2.30. The van der Waals surface area contributed by atoms with E-state index in [9.17, 15) is 5.11 Å². The molecule has 0 unspecified atom stereocenters. The molecule has 0 saturated heterocycles. The Morgan fingerprint density at radius 3 is 2.56 bits per heavy atom. The molecule has 0 fully saturated rings. The van der Waals surface area contributed by atoms with Crippen molar-refractivity contribution >= 4 is 5.57 Å². The first-order chi connectivity index (χ1) is 7.79. The second kappa shape index (κ2) is 5.28. The Hall–Kier alpha value is -1.12. The number of aliphatic hydroxyl groups is 2. The largest absolute Gasteiger partial charge is 0.396 e. The van der Waals surface area contributed by atoms with Crippen molar-refractivity contribution in [3.63, 3.8) is 0 Å². The van der Waals surface area contributed by atoms with Crippen LogP contribution in [0.4, 0.5) is 0 Å². The minimum absolute atomic E-state index is 0.195. The Bertz CT molecular complexity index is 365. The molecule has 2 heteroatoms. The van der Waals surface area contributed by atoms with Crippen molar-refractivity contribution in [3.8, 4) is 0 Å². The average molecular weight is 218 g/mol. The molecule has 0 saturated carbocycles. The van der Waals surface area contributed by atoms with Crippen molar-refractivity contribution in [1.82, 2.24) is 0 Å². The number of hydrogen-bond donors (Lipinski definition) is 2. The molecule has 0 spiro atoms. The van der Waals surface area contributed by atoms with E-state index in [-0.39, 0.29) is 12.7 Å². The maximum Gasteiger partial charge on any atom is 0.0726 e. The zero-order valence-corrected chi connectivity index (χ0v) is 9.39. The van der Waals surface area contributed by atoms with Crippen molar-refractivity contribution in [3.05, 3.63) is 41.5 Å². The molecule has 0 amide bonds. The highest BCUT2D eigenvalue weighted by Gasteiger charge is 2.11. The maximum atomic E-state index is 9.57. The predicted octanol–water partition coefficient (Wildman–Crippen LogP) is 2.15. The Kier molecular flexibility index (Phi) is 3.75. The van der Waals surface area contributed by atoms with E-state index < -0.39 is 0 Å². The molecule has 0 bridgehead atoms. The Morgan fingerprint density at radius 1 is 1.19 bits per heavy atom. The van der Waals surface area contributed by atoms with Gasteiger partial charge in [0.2, 0.25) is 0 Å². The van der Waals surface area contributed by atoms with Gasteiger partial charge < -0.3 is 10.2 Å². The highest BCUT2D eigenvalue weighted by molar-refractivity contribution is 5.66. The molecule has 1 atom stereocenters. The van der Waals surface area contributed by atoms with Gasteiger partial charge in [0.25, 0.3) is 0 Å². The van der Waals surface area contributed by atoms with Crippen LogP contribution in [0, 0.1) is 0 Å². The molecule has 2 nitrogen and oxygen atoms in total. The fourth-order valence-electron chi connectivity index (χ4n) is 2.16. The summed E-state index contributed by atoms with van der Waals surface area (Å²) in [4.78, 5) is 0. The number of benzene rings is 1. The van der Waals surface area contributed by atoms with Gasteiger partial charge in [-0.3, -0.25) is 0 Å². The lowest BCUT2D eigenvalue weighted by molar-refractivity contribution is 0.206. The van der Waals surface area contributed by atoms with Gasteiger partial charge >= 0.3 is 0 Å². The third kappa shape index (κ3) is 2.71. The van der Waals surface area contributed by atoms with Crippen LogP contribution >= 0.6 is 0 Å². The molecule has 1 aromatic rings. The van der Waals surface area contributed by atoms with E-state index in [2.05, 4.69) is 12.1 Å². The highest BCUT2D eigenvalue weighted by Crippen LogP contribution is 2.27. The Labute approximate surface area is 96.2 Å². The molecular formula is C14H18O2. The lowest BCUT2D eigenvalue weighted by Crippen LogP contribution is -2.08. The molecule has 0 heterocycles. The van der Waals surface area contributed by atoms with Gasteiger partial charge in [0.05, 0.1) is 6.10 Å². The molecule has 0 aromatic heterocycles. The molecule has 86 valence electrons. The van der Waals surface area contributed by atoms with Gasteiger partial charge in [0, 0.05) is 6.61 Å². The van der Waals surface area contributed by atoms with Crippen LogP contribution in [-0.2, 0) is 6.42 Å². The zero-order chi connectivity index (χ0) is 11.4. The molecule has 0 radical (unpaired) electrons. The normalized spacial score (nSPS) is 20.6. The van der Waals surface area contributed by atoms with E-state index in [1.165, 1.54) is 11.1 Å². The molecule has 1 aliphatic carbocycles. The number of aliphatic hydroxyl groups excluding tert-OH is 2. The monoisotopic (exact) mass is 218 g/mol. The van der Waals surface area contributed by atoms with E-state index in [4.69, 9.17) is 5.11 Å². The Balaban J connectivity index is 2.15. The van der Waals surface area contributed by atoms with Crippen molar-refractivity contribution in [2.24, 2.45) is 0 Å². The molecule has 1 aliphatic rings. The van der Waals surface area contributed by atoms with E-state index in [1.807, 2.05) is 18.2 Å². The van der Waals surface area contributed by atoms with Gasteiger partial charge in [0.15, 0.2) is 0 Å². The van der Waals surface area contributed by atoms with Crippen LogP contribution in [0.15, 0.2) is 30.3 Å². The smallest absolute Gasteiger partial charge is 0.0726 e. The first kappa shape index (κ1) is 11.4. The summed E-state index contributed by atoms with van der Waals surface area (Å²) in [7, 11) is 0. The summed E-state index contributed by atoms with van der Waals surface area (Å²) in [6, 6.07) is 8.25. The first-order valence-electron chi connectivity index (χ1n) is 5.88. The quantitative estimate of drug-likeness (QED) is 0.816. The highest BCUT2D eigenvalue weighted by atomic mass is 16.3. The van der Waals surface area contributed by atoms with Gasteiger partial charge in [0.1, 0.15) is 0 Å². The summed E-state index contributed by atoms with van der Waals surface area (Å²) in [5, 5.41) is 18.4. The molecule has 2 rings (SSSR count). The molecular weight excluding hydrogens is 200 g/mol. The number of hydrogen-bond acceptors (Lipinski definition) is 2. The first-order valence-corrected chi connectivity index (χ1v) is 5.88. The molecule has 16 heavy (non-hydrogen) atoms. The van der Waals surface area contributed by atoms with Crippen LogP contribution in [0.3, 0.4) is 0 Å². The van der Waals surface area contributed by atoms with Crippen molar-refractivity contribution in [2.45, 2.75) is 31.8 Å². The van der Waals surface area contributed by atoms with Crippen LogP contribution in [0.1, 0.15) is 30.4 Å². The fourth-order valence-corrected chi connectivity index (χ4v) is 2.16. The van der Waals surface area contributed by atoms with Crippen LogP contribution in [0.25, 0.3) is 5.57 Å². The van der Waals surface area contributed by atoms with Crippen LogP contribution < -0.4 is 0 Å². The number of rotatable bonds is 3. The van der Waals surface area contributed by atoms with Gasteiger partial charge in [-0.25, -0.2) is 0 Å². The molecule has 0 aliphatic heterocycles. The summed E-state index contributed by atoms with van der Waals surface area (Å²) < 4.78 is 0. The molecule has 2 N–H and O–H groups in total. The second-order valence-corrected chi connectivity index (χ2v) is 4.32. The standard InChI is InChI=1S/C14H18O2/c15-9-8-11-4-6-12(7-5-11)13-2-1-3-14(16)10-13/h4-7,10,14-16H,1-3,8-9H2/t14-/m1/s1. The van der Waals surface area contributed by atoms with E-state index in [1.54, 1.807) is 0 Å². The third-order valence-corrected chi connectivity index (χ3v) is 3.06. The second-order valence-electron chi connectivity index (χ2n) is 4.32. The van der Waals surface area contributed by atoms with Crippen LogP contribution in [0.5, 0.6) is 0 Å². The van der Waals surface area contributed by atoms with E-state index in [0.29, 0.717) is 6.42 Å². The summed E-state index contributed by atoms with van der Waals surface area (Å²) in [5.74, 6) is 0. The fraction of sp³-hybridized carbons (Fsp3) is 0.429. The number of allylic oxidation sites excluding steroid dienone is 1. The van der Waals surface area contributed by atoms with Crippen molar-refractivity contribution in [1.29, 1.82) is 0 Å². The van der Waals surface area contributed by atoms with Gasteiger partial charge in [-0.1, -0.05) is 30.3 Å². The molecule has 1 aromatic carbocycles. The van der Waals surface area contributed by atoms with Crippen LogP contribution in [-0.4, -0.2) is 22.9 Å². The predicted molar refractivity (Wildman–Crippen MR) is 65.1 cm³/mol. The van der Waals surface area contributed by atoms with Crippen molar-refractivity contribution in [2.75, 3.05) is 6.61 Å². The minimum Gasteiger partial charge on any atom is -0.396 e. The van der Waals surface area contributed by atoms with Gasteiger partial charge in [-0.2, -0.15) is 0 Å². The summed E-state index contributed by atoms with van der Waals surface area (Å²) in [6.45, 7) is 0.195. The van der Waals surface area contributed by atoms with E-state index >= 15 is 0 Å². The SMILES string of the molecule is OCCc1ccc(C2=C[C@H](O)CCC2)cc1. The Morgan fingerprint density at radius 2 is 1.94 bits per heavy atom. The third-order valence-electron chi connectivity index (χ3n) is 3.06. The lowest BCUT2D eigenvalue weighted by Gasteiger charge is -2.17. The van der Waals surface area contributed by atoms with Gasteiger partial charge in [-0.05, 0) is 42.4 Å². The maximum absolute atomic E-state index is 9.57.